The molecular weight excluding hydrogens is 186 g/mol. The predicted octanol–water partition coefficient (Wildman–Crippen LogP) is 2.52. The summed E-state index contributed by atoms with van der Waals surface area (Å²) in [6.45, 7) is 6.67. The van der Waals surface area contributed by atoms with Gasteiger partial charge in [0.2, 0.25) is 0 Å². The van der Waals surface area contributed by atoms with E-state index in [4.69, 9.17) is 0 Å². The molecule has 1 saturated heterocycles. The van der Waals surface area contributed by atoms with E-state index in [0.29, 0.717) is 23.8 Å². The largest absolute Gasteiger partial charge is 0.310 e. The normalized spacial score (nSPS) is 41.7. The van der Waals surface area contributed by atoms with Gasteiger partial charge in [0.1, 0.15) is 5.78 Å². The Kier molecular flexibility index (Phi) is 2.89. The molecule has 15 heavy (non-hydrogen) atoms. The fourth-order valence-corrected chi connectivity index (χ4v) is 3.16. The minimum atomic E-state index is -0.0641. The highest BCUT2D eigenvalue weighted by Crippen LogP contribution is 2.42. The molecule has 1 heterocycles. The molecular formula is C13H23NO. The zero-order valence-electron chi connectivity index (χ0n) is 10.2. The predicted molar refractivity (Wildman–Crippen MR) is 61.7 cm³/mol. The number of fused-ring (bicyclic) bond motifs is 1. The second-order valence-electron chi connectivity index (χ2n) is 5.86. The molecule has 0 aromatic carbocycles. The Morgan fingerprint density at radius 1 is 1.40 bits per heavy atom. The zero-order chi connectivity index (χ0) is 11.1. The van der Waals surface area contributed by atoms with E-state index < -0.39 is 0 Å². The fraction of sp³-hybridized carbons (Fsp3) is 0.923. The Hall–Kier alpha value is -0.370. The van der Waals surface area contributed by atoms with Crippen molar-refractivity contribution in [2.45, 2.75) is 65.0 Å². The number of nitrogens with one attached hydrogen (secondary N) is 1. The molecule has 86 valence electrons. The lowest BCUT2D eigenvalue weighted by atomic mass is 9.76. The second-order valence-corrected chi connectivity index (χ2v) is 5.86. The van der Waals surface area contributed by atoms with Crippen LogP contribution in [0.15, 0.2) is 0 Å². The van der Waals surface area contributed by atoms with E-state index >= 15 is 0 Å². The molecule has 0 spiro atoms. The number of carbonyl (C=O) groups excluding carboxylic acids is 1. The third-order valence-corrected chi connectivity index (χ3v) is 4.42. The first-order valence-corrected chi connectivity index (χ1v) is 6.33. The smallest absolute Gasteiger partial charge is 0.140 e. The number of rotatable bonds is 1. The van der Waals surface area contributed by atoms with Crippen LogP contribution < -0.4 is 5.32 Å². The molecule has 2 aliphatic rings. The van der Waals surface area contributed by atoms with Gasteiger partial charge in [0.15, 0.2) is 0 Å². The maximum Gasteiger partial charge on any atom is 0.140 e. The van der Waals surface area contributed by atoms with Crippen molar-refractivity contribution in [2.24, 2.45) is 11.3 Å². The maximum absolute atomic E-state index is 12.1. The van der Waals surface area contributed by atoms with E-state index in [1.54, 1.807) is 0 Å². The van der Waals surface area contributed by atoms with E-state index in [1.807, 2.05) is 0 Å². The van der Waals surface area contributed by atoms with E-state index in [-0.39, 0.29) is 5.41 Å². The van der Waals surface area contributed by atoms with Crippen LogP contribution in [0.3, 0.4) is 0 Å². The number of Topliss-reactive ketones (excluding diaryl/α,β-unsaturated/α-hetero) is 1. The Labute approximate surface area is 92.8 Å². The zero-order valence-corrected chi connectivity index (χ0v) is 10.2. The third-order valence-electron chi connectivity index (χ3n) is 4.42. The molecule has 0 bridgehead atoms. The number of ketones is 1. The van der Waals surface area contributed by atoms with Crippen molar-refractivity contribution in [3.05, 3.63) is 0 Å². The van der Waals surface area contributed by atoms with Crippen LogP contribution in [0.5, 0.6) is 0 Å². The van der Waals surface area contributed by atoms with Crippen LogP contribution in [0.1, 0.15) is 52.9 Å². The summed E-state index contributed by atoms with van der Waals surface area (Å²) in [6.07, 6.45) is 5.35. The Morgan fingerprint density at radius 3 is 2.80 bits per heavy atom. The highest BCUT2D eigenvalue weighted by molar-refractivity contribution is 5.86. The van der Waals surface area contributed by atoms with Gasteiger partial charge >= 0.3 is 0 Å². The molecule has 1 aliphatic carbocycles. The first kappa shape index (κ1) is 11.1. The molecule has 2 fully saturated rings. The van der Waals surface area contributed by atoms with Crippen molar-refractivity contribution in [3.63, 3.8) is 0 Å². The number of hydrogen-bond acceptors (Lipinski definition) is 2. The van der Waals surface area contributed by atoms with Crippen molar-refractivity contribution in [3.8, 4) is 0 Å². The van der Waals surface area contributed by atoms with Crippen LogP contribution >= 0.6 is 0 Å². The van der Waals surface area contributed by atoms with E-state index in [1.165, 1.54) is 12.8 Å². The van der Waals surface area contributed by atoms with Crippen LogP contribution in [0.4, 0.5) is 0 Å². The summed E-state index contributed by atoms with van der Waals surface area (Å²) < 4.78 is 0. The molecule has 0 amide bonds. The molecule has 1 saturated carbocycles. The minimum absolute atomic E-state index is 0.0641. The minimum Gasteiger partial charge on any atom is -0.310 e. The summed E-state index contributed by atoms with van der Waals surface area (Å²) in [7, 11) is 0. The second kappa shape index (κ2) is 3.89. The molecule has 1 N–H and O–H groups in total. The molecule has 0 unspecified atom stereocenters. The standard InChI is InChI=1S/C13H23NO/c1-9(2)10-8-13(3)11(14-10)6-4-5-7-12(13)15/h9-11,14H,4-8H2,1-3H3/t10-,11-,13-/m0/s1. The van der Waals surface area contributed by atoms with Crippen molar-refractivity contribution in [1.82, 2.24) is 5.32 Å². The van der Waals surface area contributed by atoms with E-state index in [9.17, 15) is 4.79 Å². The number of hydrogen-bond donors (Lipinski definition) is 1. The summed E-state index contributed by atoms with van der Waals surface area (Å²) in [4.78, 5) is 12.1. The molecule has 2 heteroatoms. The van der Waals surface area contributed by atoms with Gasteiger partial charge in [0.05, 0.1) is 0 Å². The van der Waals surface area contributed by atoms with Gasteiger partial charge in [-0.05, 0) is 25.2 Å². The summed E-state index contributed by atoms with van der Waals surface area (Å²) >= 11 is 0. The van der Waals surface area contributed by atoms with E-state index in [2.05, 4.69) is 26.1 Å². The quantitative estimate of drug-likeness (QED) is 0.719. The molecule has 2 rings (SSSR count). The van der Waals surface area contributed by atoms with Gasteiger partial charge < -0.3 is 5.32 Å². The molecule has 1 aliphatic heterocycles. The molecule has 2 nitrogen and oxygen atoms in total. The average molecular weight is 209 g/mol. The van der Waals surface area contributed by atoms with Gasteiger partial charge in [0.25, 0.3) is 0 Å². The van der Waals surface area contributed by atoms with Crippen molar-refractivity contribution >= 4 is 5.78 Å². The van der Waals surface area contributed by atoms with Gasteiger partial charge in [-0.25, -0.2) is 0 Å². The lowest BCUT2D eigenvalue weighted by Gasteiger charge is -2.27. The van der Waals surface area contributed by atoms with Gasteiger partial charge in [-0.3, -0.25) is 4.79 Å². The van der Waals surface area contributed by atoms with Crippen molar-refractivity contribution in [1.29, 1.82) is 0 Å². The Bertz CT molecular complexity index is 261. The Morgan fingerprint density at radius 2 is 2.13 bits per heavy atom. The summed E-state index contributed by atoms with van der Waals surface area (Å²) in [6, 6.07) is 0.988. The van der Waals surface area contributed by atoms with Gasteiger partial charge in [0, 0.05) is 23.9 Å². The van der Waals surface area contributed by atoms with Crippen LogP contribution in [0, 0.1) is 11.3 Å². The lowest BCUT2D eigenvalue weighted by Crippen LogP contribution is -2.40. The molecule has 3 atom stereocenters. The lowest BCUT2D eigenvalue weighted by molar-refractivity contribution is -0.127. The highest BCUT2D eigenvalue weighted by Gasteiger charge is 2.49. The molecule has 0 aromatic heterocycles. The highest BCUT2D eigenvalue weighted by atomic mass is 16.1. The Balaban J connectivity index is 2.18. The van der Waals surface area contributed by atoms with Crippen molar-refractivity contribution in [2.75, 3.05) is 0 Å². The first-order valence-electron chi connectivity index (χ1n) is 6.33. The van der Waals surface area contributed by atoms with Crippen LogP contribution in [-0.2, 0) is 4.79 Å². The third kappa shape index (κ3) is 1.84. The SMILES string of the molecule is CC(C)[C@@H]1C[C@]2(C)C(=O)CCCC[C@@H]2N1. The molecule has 0 aromatic rings. The summed E-state index contributed by atoms with van der Waals surface area (Å²) in [5, 5.41) is 3.68. The van der Waals surface area contributed by atoms with Gasteiger partial charge in [-0.15, -0.1) is 0 Å². The van der Waals surface area contributed by atoms with Gasteiger partial charge in [-0.2, -0.15) is 0 Å². The summed E-state index contributed by atoms with van der Waals surface area (Å²) in [5.41, 5.74) is -0.0641. The monoisotopic (exact) mass is 209 g/mol. The van der Waals surface area contributed by atoms with E-state index in [0.717, 1.165) is 19.3 Å². The van der Waals surface area contributed by atoms with Gasteiger partial charge in [-0.1, -0.05) is 27.2 Å². The van der Waals surface area contributed by atoms with Crippen LogP contribution in [0.2, 0.25) is 0 Å². The maximum atomic E-state index is 12.1. The van der Waals surface area contributed by atoms with Crippen molar-refractivity contribution < 1.29 is 4.79 Å². The first-order chi connectivity index (χ1) is 7.04. The average Bonchev–Trinajstić information content (AvgIpc) is 2.46. The molecule has 0 radical (unpaired) electrons. The topological polar surface area (TPSA) is 29.1 Å². The van der Waals surface area contributed by atoms with Crippen LogP contribution in [0.25, 0.3) is 0 Å². The number of carbonyl (C=O) groups is 1. The van der Waals surface area contributed by atoms with Crippen LogP contribution in [-0.4, -0.2) is 17.9 Å². The summed E-state index contributed by atoms with van der Waals surface area (Å²) in [5.74, 6) is 1.14. The fourth-order valence-electron chi connectivity index (χ4n) is 3.16.